The quantitative estimate of drug-likeness (QED) is 0.836. The van der Waals surface area contributed by atoms with Crippen LogP contribution in [0.1, 0.15) is 51.5 Å². The molecule has 4 nitrogen and oxygen atoms in total. The molecule has 1 N–H and O–H groups in total. The van der Waals surface area contributed by atoms with Gasteiger partial charge in [-0.25, -0.2) is 4.79 Å². The molecular formula is C22H25NO3. The van der Waals surface area contributed by atoms with Crippen LogP contribution in [0.15, 0.2) is 30.3 Å². The summed E-state index contributed by atoms with van der Waals surface area (Å²) in [5.74, 6) is -0.783. The molecule has 0 fully saturated rings. The van der Waals surface area contributed by atoms with Gasteiger partial charge in [-0.3, -0.25) is 4.79 Å². The van der Waals surface area contributed by atoms with E-state index in [0.717, 1.165) is 41.6 Å². The summed E-state index contributed by atoms with van der Waals surface area (Å²) in [4.78, 5) is 24.9. The molecule has 0 saturated carbocycles. The summed E-state index contributed by atoms with van der Waals surface area (Å²) < 4.78 is 5.38. The van der Waals surface area contributed by atoms with Gasteiger partial charge >= 0.3 is 5.97 Å². The van der Waals surface area contributed by atoms with Crippen molar-refractivity contribution in [2.75, 3.05) is 5.32 Å². The molecule has 0 heterocycles. The zero-order valence-electron chi connectivity index (χ0n) is 15.8. The fourth-order valence-corrected chi connectivity index (χ4v) is 3.58. The molecule has 0 saturated heterocycles. The Hall–Kier alpha value is -2.62. The van der Waals surface area contributed by atoms with E-state index in [4.69, 9.17) is 4.74 Å². The van der Waals surface area contributed by atoms with Gasteiger partial charge in [-0.05, 0) is 81.3 Å². The minimum Gasteiger partial charge on any atom is -0.449 e. The Morgan fingerprint density at radius 1 is 1.00 bits per heavy atom. The van der Waals surface area contributed by atoms with Crippen LogP contribution < -0.4 is 5.32 Å². The Morgan fingerprint density at radius 2 is 1.65 bits per heavy atom. The highest BCUT2D eigenvalue weighted by Crippen LogP contribution is 2.24. The van der Waals surface area contributed by atoms with Crippen molar-refractivity contribution in [2.45, 2.75) is 53.1 Å². The van der Waals surface area contributed by atoms with Gasteiger partial charge in [0.05, 0.1) is 5.56 Å². The molecule has 1 aliphatic rings. The first-order chi connectivity index (χ1) is 12.3. The number of aryl methyl sites for hydroxylation is 5. The van der Waals surface area contributed by atoms with Gasteiger partial charge in [-0.1, -0.05) is 23.8 Å². The Labute approximate surface area is 154 Å². The molecule has 0 bridgehead atoms. The van der Waals surface area contributed by atoms with Crippen LogP contribution >= 0.6 is 0 Å². The summed E-state index contributed by atoms with van der Waals surface area (Å²) in [6.45, 7) is 7.53. The molecule has 4 heteroatoms. The first-order valence-corrected chi connectivity index (χ1v) is 9.06. The first-order valence-electron chi connectivity index (χ1n) is 9.06. The maximum atomic E-state index is 12.5. The van der Waals surface area contributed by atoms with Gasteiger partial charge < -0.3 is 10.1 Å². The van der Waals surface area contributed by atoms with Crippen LogP contribution in [-0.2, 0) is 22.4 Å². The lowest BCUT2D eigenvalue weighted by molar-refractivity contribution is -0.123. The second-order valence-corrected chi connectivity index (χ2v) is 7.15. The third-order valence-electron chi connectivity index (χ3n) is 4.91. The summed E-state index contributed by atoms with van der Waals surface area (Å²) in [7, 11) is 0. The number of ether oxygens (including phenoxy) is 1. The predicted molar refractivity (Wildman–Crippen MR) is 103 cm³/mol. The van der Waals surface area contributed by atoms with Gasteiger partial charge in [-0.2, -0.15) is 0 Å². The van der Waals surface area contributed by atoms with Crippen LogP contribution in [0.5, 0.6) is 0 Å². The van der Waals surface area contributed by atoms with Crippen molar-refractivity contribution >= 4 is 17.6 Å². The lowest BCUT2D eigenvalue weighted by atomic mass is 10.0. The van der Waals surface area contributed by atoms with Crippen molar-refractivity contribution in [1.82, 2.24) is 0 Å². The van der Waals surface area contributed by atoms with Crippen molar-refractivity contribution < 1.29 is 14.3 Å². The number of amides is 1. The molecule has 136 valence electrons. The summed E-state index contributed by atoms with van der Waals surface area (Å²) in [6.07, 6.45) is 2.33. The average Bonchev–Trinajstić information content (AvgIpc) is 3.05. The molecule has 0 unspecified atom stereocenters. The van der Waals surface area contributed by atoms with E-state index in [2.05, 4.69) is 5.32 Å². The number of rotatable bonds is 4. The van der Waals surface area contributed by atoms with Crippen molar-refractivity contribution in [1.29, 1.82) is 0 Å². The van der Waals surface area contributed by atoms with Crippen LogP contribution in [0.2, 0.25) is 0 Å². The maximum Gasteiger partial charge on any atom is 0.338 e. The molecular weight excluding hydrogens is 326 g/mol. The zero-order valence-corrected chi connectivity index (χ0v) is 15.8. The molecule has 0 spiro atoms. The van der Waals surface area contributed by atoms with Gasteiger partial charge in [0, 0.05) is 5.69 Å². The number of hydrogen-bond donors (Lipinski definition) is 1. The third kappa shape index (κ3) is 3.79. The topological polar surface area (TPSA) is 55.4 Å². The number of carbonyl (C=O) groups is 2. The molecule has 1 amide bonds. The minimum atomic E-state index is -0.865. The molecule has 0 radical (unpaired) electrons. The van der Waals surface area contributed by atoms with Crippen LogP contribution in [0, 0.1) is 20.8 Å². The largest absolute Gasteiger partial charge is 0.449 e. The van der Waals surface area contributed by atoms with E-state index in [1.807, 2.05) is 45.0 Å². The van der Waals surface area contributed by atoms with E-state index in [1.165, 1.54) is 11.1 Å². The lowest BCUT2D eigenvalue weighted by Crippen LogP contribution is -2.30. The predicted octanol–water partition coefficient (Wildman–Crippen LogP) is 4.28. The normalized spacial score (nSPS) is 13.8. The van der Waals surface area contributed by atoms with E-state index in [-0.39, 0.29) is 5.91 Å². The number of hydrogen-bond acceptors (Lipinski definition) is 3. The van der Waals surface area contributed by atoms with Crippen molar-refractivity contribution in [3.63, 3.8) is 0 Å². The van der Waals surface area contributed by atoms with Crippen LogP contribution in [-0.4, -0.2) is 18.0 Å². The number of anilines is 1. The first kappa shape index (κ1) is 18.2. The van der Waals surface area contributed by atoms with Gasteiger partial charge in [0.1, 0.15) is 0 Å². The Kier molecular flexibility index (Phi) is 5.12. The third-order valence-corrected chi connectivity index (χ3v) is 4.91. The second kappa shape index (κ2) is 7.32. The molecule has 2 aromatic carbocycles. The van der Waals surface area contributed by atoms with Crippen molar-refractivity contribution in [2.24, 2.45) is 0 Å². The fraction of sp³-hybridized carbons (Fsp3) is 0.364. The van der Waals surface area contributed by atoms with E-state index < -0.39 is 12.1 Å². The molecule has 0 aromatic heterocycles. The Balaban J connectivity index is 1.67. The summed E-state index contributed by atoms with van der Waals surface area (Å²) in [5, 5.41) is 2.89. The average molecular weight is 351 g/mol. The van der Waals surface area contributed by atoms with Gasteiger partial charge in [0.2, 0.25) is 0 Å². The summed E-state index contributed by atoms with van der Waals surface area (Å²) in [6, 6.07) is 9.70. The molecule has 0 aliphatic heterocycles. The van der Waals surface area contributed by atoms with Crippen molar-refractivity contribution in [3.05, 3.63) is 63.7 Å². The SMILES string of the molecule is Cc1cc(C)c(NC(=O)[C@H](C)OC(=O)c2ccc3c(c2)CCC3)c(C)c1. The number of esters is 1. The monoisotopic (exact) mass is 351 g/mol. The standard InChI is InChI=1S/C22H25NO3/c1-13-10-14(2)20(15(3)11-13)23-21(24)16(4)26-22(25)19-9-8-17-6-5-7-18(17)12-19/h8-12,16H,5-7H2,1-4H3,(H,23,24)/t16-/m0/s1. The highest BCUT2D eigenvalue weighted by molar-refractivity contribution is 5.98. The molecule has 2 aromatic rings. The smallest absolute Gasteiger partial charge is 0.338 e. The molecule has 26 heavy (non-hydrogen) atoms. The highest BCUT2D eigenvalue weighted by atomic mass is 16.5. The zero-order chi connectivity index (χ0) is 18.8. The van der Waals surface area contributed by atoms with Gasteiger partial charge in [-0.15, -0.1) is 0 Å². The number of nitrogens with one attached hydrogen (secondary N) is 1. The van der Waals surface area contributed by atoms with Crippen LogP contribution in [0.3, 0.4) is 0 Å². The fourth-order valence-electron chi connectivity index (χ4n) is 3.58. The summed E-state index contributed by atoms with van der Waals surface area (Å²) >= 11 is 0. The lowest BCUT2D eigenvalue weighted by Gasteiger charge is -2.17. The van der Waals surface area contributed by atoms with Crippen LogP contribution in [0.4, 0.5) is 5.69 Å². The Morgan fingerprint density at radius 3 is 2.35 bits per heavy atom. The number of carbonyl (C=O) groups excluding carboxylic acids is 2. The van der Waals surface area contributed by atoms with Gasteiger partial charge in [0.25, 0.3) is 5.91 Å². The number of fused-ring (bicyclic) bond motifs is 1. The van der Waals surface area contributed by atoms with E-state index in [0.29, 0.717) is 5.56 Å². The van der Waals surface area contributed by atoms with E-state index >= 15 is 0 Å². The number of benzene rings is 2. The Bertz CT molecular complexity index is 847. The molecule has 1 atom stereocenters. The van der Waals surface area contributed by atoms with Crippen LogP contribution in [0.25, 0.3) is 0 Å². The summed E-state index contributed by atoms with van der Waals surface area (Å²) in [5.41, 5.74) is 6.93. The minimum absolute atomic E-state index is 0.324. The highest BCUT2D eigenvalue weighted by Gasteiger charge is 2.21. The maximum absolute atomic E-state index is 12.5. The van der Waals surface area contributed by atoms with Gasteiger partial charge in [0.15, 0.2) is 6.10 Å². The second-order valence-electron chi connectivity index (χ2n) is 7.15. The van der Waals surface area contributed by atoms with E-state index in [9.17, 15) is 9.59 Å². The molecule has 3 rings (SSSR count). The molecule has 1 aliphatic carbocycles. The van der Waals surface area contributed by atoms with Crippen molar-refractivity contribution in [3.8, 4) is 0 Å². The van der Waals surface area contributed by atoms with E-state index in [1.54, 1.807) is 13.0 Å².